The van der Waals surface area contributed by atoms with Crippen LogP contribution in [0.25, 0.3) is 16.6 Å². The Morgan fingerprint density at radius 3 is 2.13 bits per heavy atom. The Morgan fingerprint density at radius 2 is 1.42 bits per heavy atom. The van der Waals surface area contributed by atoms with Crippen molar-refractivity contribution in [3.05, 3.63) is 131 Å². The summed E-state index contributed by atoms with van der Waals surface area (Å²) in [6.45, 7) is 0. The average molecular weight is 403 g/mol. The van der Waals surface area contributed by atoms with Gasteiger partial charge in [0.1, 0.15) is 5.82 Å². The Kier molecular flexibility index (Phi) is 5.03. The van der Waals surface area contributed by atoms with Gasteiger partial charge in [0, 0.05) is 36.3 Å². The van der Waals surface area contributed by atoms with Crippen LogP contribution < -0.4 is 10.7 Å². The molecule has 4 nitrogen and oxygen atoms in total. The van der Waals surface area contributed by atoms with Gasteiger partial charge < -0.3 is 5.32 Å². The standard InChI is InChI=1S/C27H21N3O/c31-25-17-26(29-22-12-6-2-7-13-22)30(23-14-8-3-9-15-23)27-21(18-28-19-24(25)27)16-20-10-4-1-5-11-20/h1-15,17-19,29H,16H2. The summed E-state index contributed by atoms with van der Waals surface area (Å²) in [6, 6.07) is 31.9. The number of para-hydroxylation sites is 2. The molecule has 1 N–H and O–H groups in total. The van der Waals surface area contributed by atoms with Crippen molar-refractivity contribution in [2.45, 2.75) is 6.42 Å². The molecule has 0 saturated heterocycles. The van der Waals surface area contributed by atoms with Crippen molar-refractivity contribution < 1.29 is 0 Å². The second-order valence-electron chi connectivity index (χ2n) is 7.41. The number of rotatable bonds is 5. The summed E-state index contributed by atoms with van der Waals surface area (Å²) < 4.78 is 2.11. The second-order valence-corrected chi connectivity index (χ2v) is 7.41. The van der Waals surface area contributed by atoms with E-state index in [9.17, 15) is 4.79 Å². The predicted octanol–water partition coefficient (Wildman–Crippen LogP) is 5.72. The molecule has 2 aromatic heterocycles. The molecule has 0 unspecified atom stereocenters. The van der Waals surface area contributed by atoms with Gasteiger partial charge in [-0.25, -0.2) is 0 Å². The molecule has 0 spiro atoms. The van der Waals surface area contributed by atoms with E-state index in [0.29, 0.717) is 11.8 Å². The largest absolute Gasteiger partial charge is 0.341 e. The lowest BCUT2D eigenvalue weighted by Gasteiger charge is -2.20. The summed E-state index contributed by atoms with van der Waals surface area (Å²) in [5.74, 6) is 0.718. The van der Waals surface area contributed by atoms with Crippen LogP contribution in [-0.2, 0) is 6.42 Å². The fourth-order valence-electron chi connectivity index (χ4n) is 3.88. The van der Waals surface area contributed by atoms with E-state index in [-0.39, 0.29) is 5.43 Å². The van der Waals surface area contributed by atoms with Crippen LogP contribution in [0.4, 0.5) is 11.5 Å². The van der Waals surface area contributed by atoms with Crippen LogP contribution in [0, 0.1) is 0 Å². The molecule has 0 radical (unpaired) electrons. The van der Waals surface area contributed by atoms with Crippen LogP contribution in [0.2, 0.25) is 0 Å². The van der Waals surface area contributed by atoms with Gasteiger partial charge in [-0.15, -0.1) is 0 Å². The summed E-state index contributed by atoms with van der Waals surface area (Å²) in [5, 5.41) is 4.04. The molecule has 0 atom stereocenters. The van der Waals surface area contributed by atoms with Gasteiger partial charge in [0.25, 0.3) is 0 Å². The number of nitrogens with one attached hydrogen (secondary N) is 1. The predicted molar refractivity (Wildman–Crippen MR) is 126 cm³/mol. The molecule has 0 amide bonds. The summed E-state index contributed by atoms with van der Waals surface area (Å²) in [4.78, 5) is 17.5. The Balaban J connectivity index is 1.79. The number of anilines is 2. The maximum atomic E-state index is 13.1. The fraction of sp³-hybridized carbons (Fsp3) is 0.0370. The van der Waals surface area contributed by atoms with Gasteiger partial charge in [-0.2, -0.15) is 0 Å². The zero-order valence-electron chi connectivity index (χ0n) is 16.9. The molecule has 3 aromatic carbocycles. The minimum absolute atomic E-state index is 0.0528. The van der Waals surface area contributed by atoms with E-state index in [0.717, 1.165) is 28.3 Å². The SMILES string of the molecule is O=c1cc(Nc2ccccc2)n(-c2ccccc2)c2c(Cc3ccccc3)cncc12. The van der Waals surface area contributed by atoms with Gasteiger partial charge in [-0.3, -0.25) is 14.3 Å². The lowest BCUT2D eigenvalue weighted by molar-refractivity contribution is 1.06. The monoisotopic (exact) mass is 403 g/mol. The van der Waals surface area contributed by atoms with Crippen molar-refractivity contribution in [1.82, 2.24) is 9.55 Å². The Labute approximate surface area is 180 Å². The number of hydrogen-bond donors (Lipinski definition) is 1. The summed E-state index contributed by atoms with van der Waals surface area (Å²) >= 11 is 0. The highest BCUT2D eigenvalue weighted by Crippen LogP contribution is 2.28. The number of pyridine rings is 2. The van der Waals surface area contributed by atoms with Gasteiger partial charge in [0.15, 0.2) is 5.43 Å². The number of hydrogen-bond acceptors (Lipinski definition) is 3. The Bertz CT molecular complexity index is 1380. The number of fused-ring (bicyclic) bond motifs is 1. The molecule has 0 saturated carbocycles. The van der Waals surface area contributed by atoms with E-state index >= 15 is 0 Å². The first-order chi connectivity index (χ1) is 15.3. The lowest BCUT2D eigenvalue weighted by Crippen LogP contribution is -2.14. The zero-order valence-corrected chi connectivity index (χ0v) is 16.9. The minimum atomic E-state index is -0.0528. The molecule has 0 aliphatic carbocycles. The zero-order chi connectivity index (χ0) is 21.0. The Hall–Kier alpha value is -4.18. The molecule has 31 heavy (non-hydrogen) atoms. The first kappa shape index (κ1) is 18.8. The van der Waals surface area contributed by atoms with Crippen molar-refractivity contribution in [2.75, 3.05) is 5.32 Å². The lowest BCUT2D eigenvalue weighted by atomic mass is 10.0. The van der Waals surface area contributed by atoms with Gasteiger partial charge in [0.2, 0.25) is 0 Å². The molecular formula is C27H21N3O. The number of nitrogens with zero attached hydrogens (tertiary/aromatic N) is 2. The van der Waals surface area contributed by atoms with E-state index in [2.05, 4.69) is 27.0 Å². The van der Waals surface area contributed by atoms with Crippen LogP contribution in [0.5, 0.6) is 0 Å². The molecule has 5 rings (SSSR count). The highest BCUT2D eigenvalue weighted by molar-refractivity contribution is 5.86. The molecule has 0 bridgehead atoms. The quantitative estimate of drug-likeness (QED) is 0.408. The van der Waals surface area contributed by atoms with Crippen molar-refractivity contribution >= 4 is 22.4 Å². The molecule has 4 heteroatoms. The van der Waals surface area contributed by atoms with Crippen molar-refractivity contribution in [3.63, 3.8) is 0 Å². The second kappa shape index (κ2) is 8.28. The van der Waals surface area contributed by atoms with E-state index in [4.69, 9.17) is 0 Å². The topological polar surface area (TPSA) is 46.9 Å². The van der Waals surface area contributed by atoms with Crippen molar-refractivity contribution in [1.29, 1.82) is 0 Å². The smallest absolute Gasteiger partial charge is 0.193 e. The third kappa shape index (κ3) is 3.83. The third-order valence-corrected chi connectivity index (χ3v) is 5.29. The maximum absolute atomic E-state index is 13.1. The molecule has 5 aromatic rings. The summed E-state index contributed by atoms with van der Waals surface area (Å²) in [6.07, 6.45) is 4.21. The Morgan fingerprint density at radius 1 is 0.774 bits per heavy atom. The van der Waals surface area contributed by atoms with Crippen LogP contribution in [-0.4, -0.2) is 9.55 Å². The van der Waals surface area contributed by atoms with Crippen molar-refractivity contribution in [2.24, 2.45) is 0 Å². The van der Waals surface area contributed by atoms with Gasteiger partial charge in [0.05, 0.1) is 10.9 Å². The summed E-state index contributed by atoms with van der Waals surface area (Å²) in [7, 11) is 0. The van der Waals surface area contributed by atoms with E-state index in [1.54, 1.807) is 12.3 Å². The first-order valence-electron chi connectivity index (χ1n) is 10.2. The number of aromatic nitrogens is 2. The third-order valence-electron chi connectivity index (χ3n) is 5.29. The number of benzene rings is 3. The highest BCUT2D eigenvalue weighted by Gasteiger charge is 2.15. The maximum Gasteiger partial charge on any atom is 0.193 e. The first-order valence-corrected chi connectivity index (χ1v) is 10.2. The van der Waals surface area contributed by atoms with Crippen LogP contribution in [0.15, 0.2) is 114 Å². The highest BCUT2D eigenvalue weighted by atomic mass is 16.1. The fourth-order valence-corrected chi connectivity index (χ4v) is 3.88. The van der Waals surface area contributed by atoms with E-state index < -0.39 is 0 Å². The normalized spacial score (nSPS) is 10.8. The van der Waals surface area contributed by atoms with Crippen molar-refractivity contribution in [3.8, 4) is 5.69 Å². The molecule has 0 aliphatic heterocycles. The van der Waals surface area contributed by atoms with Gasteiger partial charge in [-0.05, 0) is 35.4 Å². The summed E-state index contributed by atoms with van der Waals surface area (Å²) in [5.41, 5.74) is 4.89. The molecule has 0 fully saturated rings. The van der Waals surface area contributed by atoms with Crippen LogP contribution in [0.1, 0.15) is 11.1 Å². The van der Waals surface area contributed by atoms with Gasteiger partial charge in [-0.1, -0.05) is 66.7 Å². The van der Waals surface area contributed by atoms with E-state index in [1.165, 1.54) is 5.56 Å². The van der Waals surface area contributed by atoms with Crippen LogP contribution >= 0.6 is 0 Å². The average Bonchev–Trinajstić information content (AvgIpc) is 2.82. The minimum Gasteiger partial charge on any atom is -0.341 e. The molecule has 2 heterocycles. The van der Waals surface area contributed by atoms with Gasteiger partial charge >= 0.3 is 0 Å². The van der Waals surface area contributed by atoms with E-state index in [1.807, 2.05) is 85.1 Å². The molecule has 0 aliphatic rings. The van der Waals surface area contributed by atoms with Crippen LogP contribution in [0.3, 0.4) is 0 Å². The molecule has 150 valence electrons. The molecular weight excluding hydrogens is 382 g/mol.